The minimum atomic E-state index is -0.951. The van der Waals surface area contributed by atoms with Crippen LogP contribution in [0.2, 0.25) is 5.02 Å². The Morgan fingerprint density at radius 2 is 1.88 bits per heavy atom. The number of ether oxygens (including phenoxy) is 1. The summed E-state index contributed by atoms with van der Waals surface area (Å²) in [6, 6.07) is 9.47. The lowest BCUT2D eigenvalue weighted by Gasteiger charge is -2.33. The highest BCUT2D eigenvalue weighted by atomic mass is 35.5. The first kappa shape index (κ1) is 32.3. The van der Waals surface area contributed by atoms with Gasteiger partial charge in [0.05, 0.1) is 18.0 Å². The van der Waals surface area contributed by atoms with Crippen LogP contribution in [0, 0.1) is 18.7 Å². The number of hydrogen-bond donors (Lipinski definition) is 1. The molecule has 2 aromatic rings. The van der Waals surface area contributed by atoms with Crippen molar-refractivity contribution >= 4 is 29.5 Å². The summed E-state index contributed by atoms with van der Waals surface area (Å²) in [6.45, 7) is 7.56. The molecule has 1 atom stereocenters. The Bertz CT molecular complexity index is 1220. The number of hydrogen-bond acceptors (Lipinski definition) is 5. The molecule has 0 bridgehead atoms. The van der Waals surface area contributed by atoms with Gasteiger partial charge in [-0.2, -0.15) is 0 Å². The summed E-state index contributed by atoms with van der Waals surface area (Å²) in [5.41, 5.74) is 2.46. The van der Waals surface area contributed by atoms with E-state index in [-0.39, 0.29) is 43.1 Å². The van der Waals surface area contributed by atoms with E-state index in [2.05, 4.69) is 4.90 Å². The van der Waals surface area contributed by atoms with Gasteiger partial charge in [0.15, 0.2) is 0 Å². The Morgan fingerprint density at radius 3 is 2.46 bits per heavy atom. The molecule has 1 saturated heterocycles. The number of nitrogens with zero attached hydrogens (tertiary/aromatic N) is 3. The smallest absolute Gasteiger partial charge is 0.327 e. The number of carbonyl (C=O) groups excluding carboxylic acids is 2. The zero-order valence-corrected chi connectivity index (χ0v) is 25.1. The Kier molecular flexibility index (Phi) is 12.0. The molecule has 3 amide bonds. The van der Waals surface area contributed by atoms with E-state index in [1.807, 2.05) is 39.0 Å². The summed E-state index contributed by atoms with van der Waals surface area (Å²) in [7, 11) is 1.59. The van der Waals surface area contributed by atoms with Gasteiger partial charge in [0.25, 0.3) is 0 Å². The summed E-state index contributed by atoms with van der Waals surface area (Å²) in [4.78, 5) is 40.6. The van der Waals surface area contributed by atoms with Crippen LogP contribution in [-0.4, -0.2) is 71.0 Å². The highest BCUT2D eigenvalue weighted by Crippen LogP contribution is 2.34. The molecule has 2 aliphatic rings. The number of carboxylic acids is 1. The molecule has 1 heterocycles. The molecule has 10 heteroatoms. The average Bonchev–Trinajstić information content (AvgIpc) is 3.54. The van der Waals surface area contributed by atoms with Crippen molar-refractivity contribution in [3.05, 3.63) is 63.9 Å². The number of halogens is 2. The number of urea groups is 1. The van der Waals surface area contributed by atoms with Gasteiger partial charge in [-0.15, -0.1) is 0 Å². The van der Waals surface area contributed by atoms with Crippen molar-refractivity contribution in [2.75, 3.05) is 33.3 Å². The summed E-state index contributed by atoms with van der Waals surface area (Å²) in [5, 5.41) is 9.73. The lowest BCUT2D eigenvalue weighted by molar-refractivity contribution is -0.138. The molecule has 1 aliphatic heterocycles. The molecule has 41 heavy (non-hydrogen) atoms. The van der Waals surface area contributed by atoms with E-state index in [4.69, 9.17) is 16.3 Å². The fourth-order valence-electron chi connectivity index (χ4n) is 5.51. The summed E-state index contributed by atoms with van der Waals surface area (Å²) in [6.07, 6.45) is 4.35. The number of likely N-dealkylation sites (N-methyl/N-ethyl adjacent to an activating group) is 1. The van der Waals surface area contributed by atoms with Crippen LogP contribution in [0.1, 0.15) is 68.7 Å². The zero-order valence-electron chi connectivity index (χ0n) is 24.4. The largest absolute Gasteiger partial charge is 0.491 e. The second kappa shape index (κ2) is 15.2. The van der Waals surface area contributed by atoms with Gasteiger partial charge in [0.2, 0.25) is 5.91 Å². The maximum Gasteiger partial charge on any atom is 0.327 e. The molecular formula is C31H41ClFN3O5. The first-order valence-corrected chi connectivity index (χ1v) is 14.7. The molecule has 2 fully saturated rings. The third-order valence-corrected chi connectivity index (χ3v) is 7.84. The van der Waals surface area contributed by atoms with Gasteiger partial charge in [-0.3, -0.25) is 19.4 Å². The van der Waals surface area contributed by atoms with Gasteiger partial charge in [0.1, 0.15) is 24.7 Å². The zero-order chi connectivity index (χ0) is 30.1. The number of aryl methyl sites for hydroxylation is 1. The summed E-state index contributed by atoms with van der Waals surface area (Å²) in [5.74, 6) is -0.649. The molecular weight excluding hydrogens is 549 g/mol. The van der Waals surface area contributed by atoms with E-state index < -0.39 is 17.8 Å². The highest BCUT2D eigenvalue weighted by molar-refractivity contribution is 6.30. The maximum absolute atomic E-state index is 14.4. The highest BCUT2D eigenvalue weighted by Gasteiger charge is 2.33. The van der Waals surface area contributed by atoms with Crippen molar-refractivity contribution in [3.63, 3.8) is 0 Å². The molecule has 224 valence electrons. The van der Waals surface area contributed by atoms with Crippen LogP contribution in [0.5, 0.6) is 5.75 Å². The predicted molar refractivity (Wildman–Crippen MR) is 157 cm³/mol. The lowest BCUT2D eigenvalue weighted by Crippen LogP contribution is -2.35. The van der Waals surface area contributed by atoms with Crippen LogP contribution in [0.3, 0.4) is 0 Å². The van der Waals surface area contributed by atoms with Crippen molar-refractivity contribution in [3.8, 4) is 5.75 Å². The number of imide groups is 1. The second-order valence-electron chi connectivity index (χ2n) is 10.5. The van der Waals surface area contributed by atoms with Crippen LogP contribution < -0.4 is 4.74 Å². The minimum absolute atomic E-state index is 0.00636. The first-order chi connectivity index (χ1) is 19.6. The van der Waals surface area contributed by atoms with Crippen molar-refractivity contribution in [1.82, 2.24) is 14.7 Å². The van der Waals surface area contributed by atoms with Crippen molar-refractivity contribution < 1.29 is 28.6 Å². The van der Waals surface area contributed by atoms with Crippen LogP contribution in [-0.2, 0) is 16.1 Å². The molecule has 2 aromatic carbocycles. The van der Waals surface area contributed by atoms with Crippen LogP contribution in [0.25, 0.3) is 0 Å². The van der Waals surface area contributed by atoms with Crippen molar-refractivity contribution in [2.24, 2.45) is 5.92 Å². The molecule has 1 N–H and O–H groups in total. The molecule has 1 unspecified atom stereocenters. The Morgan fingerprint density at radius 1 is 1.17 bits per heavy atom. The first-order valence-electron chi connectivity index (χ1n) is 14.3. The third kappa shape index (κ3) is 8.66. The number of benzene rings is 2. The van der Waals surface area contributed by atoms with Crippen LogP contribution in [0.4, 0.5) is 9.18 Å². The molecule has 4 rings (SSSR count). The number of amides is 3. The van der Waals surface area contributed by atoms with E-state index in [0.29, 0.717) is 30.3 Å². The van der Waals surface area contributed by atoms with E-state index in [1.165, 1.54) is 21.9 Å². The number of aliphatic carboxylic acids is 1. The van der Waals surface area contributed by atoms with Gasteiger partial charge < -0.3 is 14.7 Å². The van der Waals surface area contributed by atoms with Gasteiger partial charge >= 0.3 is 12.0 Å². The molecule has 8 nitrogen and oxygen atoms in total. The predicted octanol–water partition coefficient (Wildman–Crippen LogP) is 6.29. The second-order valence-corrected chi connectivity index (χ2v) is 10.9. The molecule has 1 saturated carbocycles. The lowest BCUT2D eigenvalue weighted by atomic mass is 9.98. The molecule has 0 radical (unpaired) electrons. The van der Waals surface area contributed by atoms with Gasteiger partial charge in [0, 0.05) is 26.2 Å². The monoisotopic (exact) mass is 589 g/mol. The third-order valence-electron chi connectivity index (χ3n) is 7.53. The number of carboxylic acid groups (broad SMARTS) is 1. The average molecular weight is 590 g/mol. The van der Waals surface area contributed by atoms with E-state index in [0.717, 1.165) is 36.8 Å². The number of rotatable bonds is 12. The minimum Gasteiger partial charge on any atom is -0.491 e. The summed E-state index contributed by atoms with van der Waals surface area (Å²) < 4.78 is 20.3. The van der Waals surface area contributed by atoms with E-state index in [1.54, 1.807) is 13.1 Å². The van der Waals surface area contributed by atoms with Gasteiger partial charge in [-0.05, 0) is 60.6 Å². The van der Waals surface area contributed by atoms with E-state index >= 15 is 0 Å². The van der Waals surface area contributed by atoms with Gasteiger partial charge in [-0.1, -0.05) is 56.5 Å². The fourth-order valence-corrected chi connectivity index (χ4v) is 5.63. The SMILES string of the molecule is CC.Cc1cc(CN(CC2CCCC2)C(CC(=O)O)c2ccc(Cl)c(F)c2)ccc1OCCN1C(=O)CN(C)C1=O. The summed E-state index contributed by atoms with van der Waals surface area (Å²) >= 11 is 5.91. The topological polar surface area (TPSA) is 90.4 Å². The van der Waals surface area contributed by atoms with E-state index in [9.17, 15) is 23.9 Å². The normalized spacial score (nSPS) is 16.3. The standard InChI is InChI=1S/C29H35ClFN3O5.C2H6/c1-19-13-21(7-10-26(19)39-12-11-34-27(35)18-32(2)29(34)38)17-33(16-20-5-3-4-6-20)25(15-28(36)37)22-8-9-23(30)24(31)14-22;1-2/h7-10,13-14,20,25H,3-6,11-12,15-18H2,1-2H3,(H,36,37);1-2H3. The van der Waals surface area contributed by atoms with Gasteiger partial charge in [-0.25, -0.2) is 9.18 Å². The molecule has 1 aliphatic carbocycles. The number of carbonyl (C=O) groups is 3. The Balaban J connectivity index is 0.00000226. The Labute approximate surface area is 247 Å². The van der Waals surface area contributed by atoms with Crippen molar-refractivity contribution in [1.29, 1.82) is 0 Å². The molecule has 0 spiro atoms. The Hall–Kier alpha value is -3.17. The molecule has 0 aromatic heterocycles. The fraction of sp³-hybridized carbons (Fsp3) is 0.516. The van der Waals surface area contributed by atoms with Crippen LogP contribution >= 0.6 is 11.6 Å². The van der Waals surface area contributed by atoms with Crippen LogP contribution in [0.15, 0.2) is 36.4 Å². The maximum atomic E-state index is 14.4. The van der Waals surface area contributed by atoms with Crippen molar-refractivity contribution in [2.45, 2.75) is 65.5 Å². The quantitative estimate of drug-likeness (QED) is 0.292.